The fraction of sp³-hybridized carbons (Fsp3) is 0.385. The maximum Gasteiger partial charge on any atom is 0.259 e. The highest BCUT2D eigenvalue weighted by Gasteiger charge is 2.35. The summed E-state index contributed by atoms with van der Waals surface area (Å²) in [6.45, 7) is 6.88. The van der Waals surface area contributed by atoms with Gasteiger partial charge in [0.25, 0.3) is 5.91 Å². The first kappa shape index (κ1) is 21.2. The zero-order chi connectivity index (χ0) is 22.4. The van der Waals surface area contributed by atoms with Gasteiger partial charge in [-0.2, -0.15) is 0 Å². The summed E-state index contributed by atoms with van der Waals surface area (Å²) >= 11 is 1.65. The predicted molar refractivity (Wildman–Crippen MR) is 133 cm³/mol. The molecular weight excluding hydrogens is 416 g/mol. The summed E-state index contributed by atoms with van der Waals surface area (Å²) in [4.78, 5) is 23.7. The molecule has 1 aliphatic carbocycles. The van der Waals surface area contributed by atoms with Crippen LogP contribution in [0.5, 0.6) is 0 Å². The number of aryl methyl sites for hydroxylation is 3. The van der Waals surface area contributed by atoms with Crippen LogP contribution in [-0.4, -0.2) is 28.5 Å². The van der Waals surface area contributed by atoms with Crippen LogP contribution in [0.3, 0.4) is 0 Å². The third-order valence-corrected chi connectivity index (χ3v) is 7.74. The third-order valence-electron chi connectivity index (χ3n) is 6.73. The summed E-state index contributed by atoms with van der Waals surface area (Å²) in [6.07, 6.45) is 6.27. The van der Waals surface area contributed by atoms with E-state index in [1.807, 2.05) is 24.8 Å². The molecule has 0 radical (unpaired) electrons. The topological polar surface area (TPSA) is 75.0 Å². The van der Waals surface area contributed by atoms with E-state index in [0.29, 0.717) is 12.0 Å². The number of carbonyl (C=O) groups excluding carboxylic acids is 1. The van der Waals surface area contributed by atoms with Crippen molar-refractivity contribution >= 4 is 34.6 Å². The van der Waals surface area contributed by atoms with Gasteiger partial charge in [-0.15, -0.1) is 11.3 Å². The Morgan fingerprint density at radius 3 is 2.62 bits per heavy atom. The third kappa shape index (κ3) is 3.93. The van der Waals surface area contributed by atoms with Gasteiger partial charge >= 0.3 is 0 Å². The van der Waals surface area contributed by atoms with Crippen molar-refractivity contribution in [2.24, 2.45) is 11.7 Å². The van der Waals surface area contributed by atoms with Gasteiger partial charge in [0.2, 0.25) is 0 Å². The van der Waals surface area contributed by atoms with Crippen LogP contribution in [0.25, 0.3) is 22.2 Å². The van der Waals surface area contributed by atoms with Crippen molar-refractivity contribution in [3.8, 4) is 10.6 Å². The summed E-state index contributed by atoms with van der Waals surface area (Å²) in [5.74, 6) is 0.583. The van der Waals surface area contributed by atoms with Gasteiger partial charge in [-0.3, -0.25) is 4.79 Å². The lowest BCUT2D eigenvalue weighted by atomic mass is 9.86. The zero-order valence-electron chi connectivity index (χ0n) is 18.9. The molecule has 1 fully saturated rings. The quantitative estimate of drug-likeness (QED) is 0.522. The number of aromatic amines is 1. The normalized spacial score (nSPS) is 22.1. The van der Waals surface area contributed by atoms with Crippen LogP contribution in [0.2, 0.25) is 0 Å². The molecule has 32 heavy (non-hydrogen) atoms. The molecule has 1 amide bonds. The number of aromatic nitrogens is 2. The Morgan fingerprint density at radius 2 is 1.97 bits per heavy atom. The van der Waals surface area contributed by atoms with Crippen molar-refractivity contribution in [3.63, 3.8) is 0 Å². The number of fused-ring (bicyclic) bond motifs is 1. The highest BCUT2D eigenvalue weighted by Crippen LogP contribution is 2.42. The van der Waals surface area contributed by atoms with Crippen LogP contribution < -0.4 is 10.6 Å². The van der Waals surface area contributed by atoms with Crippen molar-refractivity contribution in [2.75, 3.05) is 11.4 Å². The molecule has 5 rings (SSSR count). The molecule has 1 saturated carbocycles. The molecule has 0 saturated heterocycles. The minimum Gasteiger partial charge on any atom is -0.359 e. The first-order valence-corrected chi connectivity index (χ1v) is 12.3. The molecule has 3 heterocycles. The SMILES string of the molecule is Cc1csc(-c2ccc3c(c2)N(CC2CCC(N)CC2)C(=O)/C3=C\c2[nH]c(C)cc2C)n1. The first-order valence-electron chi connectivity index (χ1n) is 11.4. The molecule has 5 nitrogen and oxygen atoms in total. The number of carbonyl (C=O) groups is 1. The average molecular weight is 447 g/mol. The maximum absolute atomic E-state index is 13.7. The number of nitrogens with one attached hydrogen (secondary N) is 1. The second-order valence-electron chi connectivity index (χ2n) is 9.33. The molecule has 0 bridgehead atoms. The number of hydrogen-bond donors (Lipinski definition) is 2. The van der Waals surface area contributed by atoms with Gasteiger partial charge in [0.1, 0.15) is 5.01 Å². The van der Waals surface area contributed by atoms with E-state index in [0.717, 1.165) is 82.3 Å². The van der Waals surface area contributed by atoms with Crippen LogP contribution in [0.1, 0.15) is 53.9 Å². The molecule has 0 spiro atoms. The smallest absolute Gasteiger partial charge is 0.259 e. The van der Waals surface area contributed by atoms with Gasteiger partial charge < -0.3 is 15.6 Å². The summed E-state index contributed by atoms with van der Waals surface area (Å²) in [7, 11) is 0. The highest BCUT2D eigenvalue weighted by molar-refractivity contribution is 7.13. The lowest BCUT2D eigenvalue weighted by Crippen LogP contribution is -2.36. The van der Waals surface area contributed by atoms with Crippen LogP contribution in [0, 0.1) is 26.7 Å². The van der Waals surface area contributed by atoms with E-state index < -0.39 is 0 Å². The molecule has 6 heteroatoms. The van der Waals surface area contributed by atoms with Crippen molar-refractivity contribution < 1.29 is 4.79 Å². The number of H-pyrrole nitrogens is 1. The maximum atomic E-state index is 13.7. The van der Waals surface area contributed by atoms with Crippen LogP contribution in [0.4, 0.5) is 5.69 Å². The Kier molecular flexibility index (Phi) is 5.51. The van der Waals surface area contributed by atoms with Crippen LogP contribution >= 0.6 is 11.3 Å². The number of nitrogens with two attached hydrogens (primary N) is 1. The fourth-order valence-corrected chi connectivity index (χ4v) is 5.76. The second-order valence-corrected chi connectivity index (χ2v) is 10.2. The van der Waals surface area contributed by atoms with Gasteiger partial charge in [0, 0.05) is 46.2 Å². The summed E-state index contributed by atoms with van der Waals surface area (Å²) in [5.41, 5.74) is 14.2. The second kappa shape index (κ2) is 8.34. The molecule has 3 aromatic rings. The molecule has 2 aliphatic rings. The molecule has 1 aliphatic heterocycles. The molecular formula is C26H30N4OS. The van der Waals surface area contributed by atoms with Crippen LogP contribution in [-0.2, 0) is 4.79 Å². The lowest BCUT2D eigenvalue weighted by molar-refractivity contribution is -0.113. The molecule has 0 unspecified atom stereocenters. The number of hydrogen-bond acceptors (Lipinski definition) is 4. The number of rotatable bonds is 4. The summed E-state index contributed by atoms with van der Waals surface area (Å²) in [6, 6.07) is 8.75. The molecule has 0 atom stereocenters. The minimum atomic E-state index is 0.0917. The van der Waals surface area contributed by atoms with Gasteiger partial charge in [-0.05, 0) is 76.1 Å². The standard InChI is InChI=1S/C26H30N4OS/c1-15-10-16(2)28-23(15)12-22-21-9-6-19(25-29-17(3)14-32-25)11-24(21)30(26(22)31)13-18-4-7-20(27)8-5-18/h6,9-12,14,18,20,28H,4-5,7-8,13,27H2,1-3H3/b22-12-. The Hall–Kier alpha value is -2.70. The number of benzene rings is 1. The van der Waals surface area contributed by atoms with E-state index >= 15 is 0 Å². The Balaban J connectivity index is 1.55. The van der Waals surface area contributed by atoms with E-state index in [9.17, 15) is 4.79 Å². The van der Waals surface area contributed by atoms with E-state index in [2.05, 4.69) is 46.5 Å². The van der Waals surface area contributed by atoms with Crippen LogP contribution in [0.15, 0.2) is 29.6 Å². The lowest BCUT2D eigenvalue weighted by Gasteiger charge is -2.30. The van der Waals surface area contributed by atoms with Gasteiger partial charge in [0.05, 0.1) is 11.3 Å². The number of anilines is 1. The minimum absolute atomic E-state index is 0.0917. The Morgan fingerprint density at radius 1 is 1.19 bits per heavy atom. The van der Waals surface area contributed by atoms with E-state index in [1.54, 1.807) is 11.3 Å². The fourth-order valence-electron chi connectivity index (χ4n) is 4.97. The van der Waals surface area contributed by atoms with E-state index in [1.165, 1.54) is 0 Å². The molecule has 3 N–H and O–H groups in total. The van der Waals surface area contributed by atoms with E-state index in [-0.39, 0.29) is 5.91 Å². The highest BCUT2D eigenvalue weighted by atomic mass is 32.1. The largest absolute Gasteiger partial charge is 0.359 e. The summed E-state index contributed by atoms with van der Waals surface area (Å²) in [5, 5.41) is 3.06. The average Bonchev–Trinajstić information content (AvgIpc) is 3.41. The van der Waals surface area contributed by atoms with Gasteiger partial charge in [0.15, 0.2) is 0 Å². The molecule has 2 aromatic heterocycles. The number of amides is 1. The number of thiazole rings is 1. The van der Waals surface area contributed by atoms with Crippen molar-refractivity contribution in [1.29, 1.82) is 0 Å². The Bertz CT molecular complexity index is 1200. The van der Waals surface area contributed by atoms with Crippen molar-refractivity contribution in [2.45, 2.75) is 52.5 Å². The predicted octanol–water partition coefficient (Wildman–Crippen LogP) is 5.47. The van der Waals surface area contributed by atoms with Crippen molar-refractivity contribution in [1.82, 2.24) is 9.97 Å². The first-order chi connectivity index (χ1) is 15.4. The summed E-state index contributed by atoms with van der Waals surface area (Å²) < 4.78 is 0. The van der Waals surface area contributed by atoms with E-state index in [4.69, 9.17) is 5.73 Å². The Labute approximate surface area is 193 Å². The molecule has 166 valence electrons. The number of nitrogens with zero attached hydrogens (tertiary/aromatic N) is 2. The zero-order valence-corrected chi connectivity index (χ0v) is 19.8. The van der Waals surface area contributed by atoms with Crippen molar-refractivity contribution in [3.05, 3.63) is 57.9 Å². The monoisotopic (exact) mass is 446 g/mol. The van der Waals surface area contributed by atoms with Gasteiger partial charge in [-0.25, -0.2) is 4.98 Å². The molecule has 1 aromatic carbocycles. The van der Waals surface area contributed by atoms with Gasteiger partial charge in [-0.1, -0.05) is 12.1 Å².